The molecule has 1 aliphatic carbocycles. The van der Waals surface area contributed by atoms with E-state index in [0.717, 1.165) is 22.3 Å². The first kappa shape index (κ1) is 31.2. The second-order valence-corrected chi connectivity index (χ2v) is 11.4. The predicted molar refractivity (Wildman–Crippen MR) is 159 cm³/mol. The molecule has 0 bridgehead atoms. The zero-order valence-corrected chi connectivity index (χ0v) is 24.4. The summed E-state index contributed by atoms with van der Waals surface area (Å²) in [5, 5.41) is 25.8. The topological polar surface area (TPSA) is 157 Å². The number of nitrogens with zero attached hydrogens (tertiary/aromatic N) is 1. The Bertz CT molecular complexity index is 1450. The lowest BCUT2D eigenvalue weighted by Crippen LogP contribution is -2.57. The minimum atomic E-state index is -1.37. The summed E-state index contributed by atoms with van der Waals surface area (Å²) in [4.78, 5) is 48.9. The van der Waals surface area contributed by atoms with E-state index in [-0.39, 0.29) is 24.6 Å². The van der Waals surface area contributed by atoms with Crippen molar-refractivity contribution in [2.75, 3.05) is 6.61 Å². The van der Waals surface area contributed by atoms with Crippen molar-refractivity contribution in [3.05, 3.63) is 99.6 Å². The molecule has 11 nitrogen and oxygen atoms in total. The summed E-state index contributed by atoms with van der Waals surface area (Å²) in [6.45, 7) is 7.01. The van der Waals surface area contributed by atoms with Gasteiger partial charge in [-0.05, 0) is 55.5 Å². The van der Waals surface area contributed by atoms with E-state index in [0.29, 0.717) is 5.56 Å². The van der Waals surface area contributed by atoms with Gasteiger partial charge in [0.1, 0.15) is 18.7 Å². The number of fused-ring (bicyclic) bond motifs is 3. The van der Waals surface area contributed by atoms with E-state index in [2.05, 4.69) is 10.6 Å². The molecule has 0 spiro atoms. The number of aliphatic carboxylic acids is 1. The molecule has 0 unspecified atom stereocenters. The number of hydrogen-bond donors (Lipinski definition) is 3. The molecule has 4 rings (SSSR count). The third-order valence-corrected chi connectivity index (χ3v) is 7.11. The molecule has 0 radical (unpaired) electrons. The maximum absolute atomic E-state index is 13.4. The average molecular weight is 590 g/mol. The molecule has 3 atom stereocenters. The summed E-state index contributed by atoms with van der Waals surface area (Å²) in [6, 6.07) is 18.5. The molecule has 0 saturated heterocycles. The van der Waals surface area contributed by atoms with Gasteiger partial charge in [-0.2, -0.15) is 0 Å². The Morgan fingerprint density at radius 2 is 1.49 bits per heavy atom. The van der Waals surface area contributed by atoms with Crippen molar-refractivity contribution < 1.29 is 33.9 Å². The van der Waals surface area contributed by atoms with Gasteiger partial charge in [0.25, 0.3) is 5.69 Å². The lowest BCUT2D eigenvalue weighted by molar-refractivity contribution is -0.384. The monoisotopic (exact) mass is 589 g/mol. The number of non-ortho nitro benzene ring substituents is 1. The van der Waals surface area contributed by atoms with Crippen LogP contribution in [0.4, 0.5) is 10.5 Å². The van der Waals surface area contributed by atoms with Gasteiger partial charge in [-0.1, -0.05) is 60.7 Å². The van der Waals surface area contributed by atoms with Crippen LogP contribution in [0, 0.1) is 10.1 Å². The van der Waals surface area contributed by atoms with Crippen LogP contribution in [0.2, 0.25) is 0 Å². The molecule has 0 fully saturated rings. The minimum Gasteiger partial charge on any atom is -0.480 e. The first-order valence-electron chi connectivity index (χ1n) is 13.9. The summed E-state index contributed by atoms with van der Waals surface area (Å²) in [6.07, 6.45) is -1.84. The van der Waals surface area contributed by atoms with Crippen LogP contribution in [0.25, 0.3) is 11.1 Å². The smallest absolute Gasteiger partial charge is 0.407 e. The summed E-state index contributed by atoms with van der Waals surface area (Å²) < 4.78 is 11.6. The summed E-state index contributed by atoms with van der Waals surface area (Å²) in [5.41, 5.74) is 3.87. The highest BCUT2D eigenvalue weighted by molar-refractivity contribution is 5.90. The summed E-state index contributed by atoms with van der Waals surface area (Å²) in [5.74, 6) is -2.28. The molecule has 0 heterocycles. The largest absolute Gasteiger partial charge is 0.480 e. The zero-order valence-electron chi connectivity index (χ0n) is 24.4. The second-order valence-electron chi connectivity index (χ2n) is 11.4. The average Bonchev–Trinajstić information content (AvgIpc) is 3.27. The van der Waals surface area contributed by atoms with Gasteiger partial charge in [-0.15, -0.1) is 0 Å². The van der Waals surface area contributed by atoms with Gasteiger partial charge in [-0.3, -0.25) is 14.9 Å². The molecule has 3 aromatic carbocycles. The van der Waals surface area contributed by atoms with E-state index in [9.17, 15) is 29.6 Å². The van der Waals surface area contributed by atoms with Crippen LogP contribution in [0.5, 0.6) is 0 Å². The quantitative estimate of drug-likeness (QED) is 0.212. The number of alkyl carbamates (subject to hydrolysis) is 1. The van der Waals surface area contributed by atoms with E-state index in [4.69, 9.17) is 9.47 Å². The number of nitro groups is 1. The first-order chi connectivity index (χ1) is 20.3. The maximum atomic E-state index is 13.4. The number of carboxylic acids is 1. The van der Waals surface area contributed by atoms with Crippen LogP contribution in [0.3, 0.4) is 0 Å². The fraction of sp³-hybridized carbons (Fsp3) is 0.344. The number of carbonyl (C=O) groups excluding carboxylic acids is 2. The van der Waals surface area contributed by atoms with Gasteiger partial charge in [-0.25, -0.2) is 9.59 Å². The van der Waals surface area contributed by atoms with Gasteiger partial charge >= 0.3 is 12.1 Å². The molecule has 1 aliphatic rings. The predicted octanol–water partition coefficient (Wildman–Crippen LogP) is 4.82. The van der Waals surface area contributed by atoms with Crippen molar-refractivity contribution in [2.24, 2.45) is 0 Å². The lowest BCUT2D eigenvalue weighted by atomic mass is 9.98. The van der Waals surface area contributed by atoms with Crippen LogP contribution in [0.15, 0.2) is 72.8 Å². The Labute approximate surface area is 249 Å². The molecule has 11 heteroatoms. The van der Waals surface area contributed by atoms with Gasteiger partial charge < -0.3 is 25.2 Å². The molecular formula is C32H35N3O8. The van der Waals surface area contributed by atoms with Gasteiger partial charge in [0.05, 0.1) is 16.6 Å². The first-order valence-corrected chi connectivity index (χ1v) is 13.9. The van der Waals surface area contributed by atoms with Gasteiger partial charge in [0, 0.05) is 24.5 Å². The van der Waals surface area contributed by atoms with Crippen molar-refractivity contribution in [1.82, 2.24) is 10.6 Å². The molecule has 0 aliphatic heterocycles. The van der Waals surface area contributed by atoms with Crippen LogP contribution in [-0.2, 0) is 25.5 Å². The van der Waals surface area contributed by atoms with Gasteiger partial charge in [0.15, 0.2) is 0 Å². The molecule has 0 aromatic heterocycles. The summed E-state index contributed by atoms with van der Waals surface area (Å²) >= 11 is 0. The normalized spacial score (nSPS) is 14.5. The van der Waals surface area contributed by atoms with Crippen LogP contribution in [-0.4, -0.2) is 58.4 Å². The van der Waals surface area contributed by atoms with Crippen molar-refractivity contribution in [2.45, 2.75) is 63.8 Å². The van der Waals surface area contributed by atoms with E-state index in [1.807, 2.05) is 48.5 Å². The number of amides is 2. The highest BCUT2D eigenvalue weighted by atomic mass is 16.6. The molecule has 226 valence electrons. The number of ether oxygens (including phenoxy) is 2. The molecular weight excluding hydrogens is 554 g/mol. The minimum absolute atomic E-state index is 0.0284. The highest BCUT2D eigenvalue weighted by Crippen LogP contribution is 2.44. The standard InChI is InChI=1S/C32H35N3O8/c1-19(43-32(2,3)4)28(29(36)33-27(30(37)38)17-20-13-15-21(16-14-20)35(40)41)34-31(39)42-18-26-24-11-7-5-9-22(24)23-10-6-8-12-25(23)26/h5-16,19,26-28H,17-18H2,1-4H3,(H,33,36)(H,34,39)(H,37,38)/t19-,27+,28+/m1/s1. The Morgan fingerprint density at radius 3 is 2.00 bits per heavy atom. The van der Waals surface area contributed by atoms with E-state index < -0.39 is 46.7 Å². The summed E-state index contributed by atoms with van der Waals surface area (Å²) in [7, 11) is 0. The van der Waals surface area contributed by atoms with Crippen LogP contribution in [0.1, 0.15) is 50.3 Å². The molecule has 0 saturated carbocycles. The van der Waals surface area contributed by atoms with Crippen molar-refractivity contribution in [1.29, 1.82) is 0 Å². The number of carboxylic acid groups (broad SMARTS) is 1. The Balaban J connectivity index is 1.47. The SMILES string of the molecule is C[C@@H](OC(C)(C)C)[C@H](NC(=O)OCC1c2ccccc2-c2ccccc21)C(=O)N[C@@H](Cc1ccc([N+](=O)[O-])cc1)C(=O)O. The van der Waals surface area contributed by atoms with Crippen molar-refractivity contribution >= 4 is 23.7 Å². The number of carbonyl (C=O) groups is 3. The van der Waals surface area contributed by atoms with Gasteiger partial charge in [0.2, 0.25) is 5.91 Å². The maximum Gasteiger partial charge on any atom is 0.407 e. The lowest BCUT2D eigenvalue weighted by Gasteiger charge is -2.31. The third-order valence-electron chi connectivity index (χ3n) is 7.11. The van der Waals surface area contributed by atoms with E-state index >= 15 is 0 Å². The molecule has 3 N–H and O–H groups in total. The fourth-order valence-corrected chi connectivity index (χ4v) is 5.24. The highest BCUT2D eigenvalue weighted by Gasteiger charge is 2.35. The second kappa shape index (κ2) is 13.0. The number of rotatable bonds is 11. The Morgan fingerprint density at radius 1 is 0.930 bits per heavy atom. The van der Waals surface area contributed by atoms with Crippen molar-refractivity contribution in [3.8, 4) is 11.1 Å². The molecule has 3 aromatic rings. The molecule has 2 amide bonds. The number of nitrogens with one attached hydrogen (secondary N) is 2. The Hall–Kier alpha value is -4.77. The molecule has 43 heavy (non-hydrogen) atoms. The number of benzene rings is 3. The fourth-order valence-electron chi connectivity index (χ4n) is 5.24. The Kier molecular flexibility index (Phi) is 9.45. The van der Waals surface area contributed by atoms with E-state index in [1.165, 1.54) is 24.3 Å². The number of hydrogen-bond acceptors (Lipinski definition) is 7. The van der Waals surface area contributed by atoms with Crippen molar-refractivity contribution in [3.63, 3.8) is 0 Å². The number of nitro benzene ring substituents is 1. The van der Waals surface area contributed by atoms with Crippen LogP contribution < -0.4 is 10.6 Å². The van der Waals surface area contributed by atoms with E-state index in [1.54, 1.807) is 27.7 Å². The van der Waals surface area contributed by atoms with Crippen LogP contribution >= 0.6 is 0 Å². The zero-order chi connectivity index (χ0) is 31.3. The third kappa shape index (κ3) is 7.75.